The lowest BCUT2D eigenvalue weighted by molar-refractivity contribution is 0.0739. The zero-order valence-corrected chi connectivity index (χ0v) is 9.54. The molecule has 0 unspecified atom stereocenters. The van der Waals surface area contributed by atoms with Crippen molar-refractivity contribution in [3.63, 3.8) is 0 Å². The van der Waals surface area contributed by atoms with Crippen molar-refractivity contribution in [1.82, 2.24) is 4.90 Å². The maximum atomic E-state index is 12.1. The van der Waals surface area contributed by atoms with E-state index in [-0.39, 0.29) is 5.91 Å². The number of fused-ring (bicyclic) bond motifs is 1. The first-order valence-electron chi connectivity index (χ1n) is 5.71. The van der Waals surface area contributed by atoms with Gasteiger partial charge >= 0.3 is 0 Å². The Hall–Kier alpha value is -2.00. The summed E-state index contributed by atoms with van der Waals surface area (Å²) in [5.41, 5.74) is 10.1. The molecule has 1 aliphatic rings. The molecule has 1 aliphatic heterocycles. The monoisotopic (exact) mass is 230 g/mol. The summed E-state index contributed by atoms with van der Waals surface area (Å²) in [5, 5.41) is 3.47. The predicted molar refractivity (Wildman–Crippen MR) is 64.7 cm³/mol. The molecule has 2 rings (SSSR count). The Balaban J connectivity index is 2.00. The minimum Gasteiger partial charge on any atom is -0.338 e. The minimum absolute atomic E-state index is 0.0905. The van der Waals surface area contributed by atoms with Gasteiger partial charge in [-0.1, -0.05) is 23.3 Å². The highest BCUT2D eigenvalue weighted by atomic mass is 16.2. The molecule has 1 aromatic rings. The standard InChI is InChI=1S/C12H14N4O/c13-15-14-7-3-8-16-9-6-10-4-1-2-5-11(10)12(16)17/h1-2,4-5H,3,6-9H2. The van der Waals surface area contributed by atoms with E-state index in [4.69, 9.17) is 5.53 Å². The molecular formula is C12H14N4O. The summed E-state index contributed by atoms with van der Waals surface area (Å²) in [6.07, 6.45) is 1.63. The molecule has 17 heavy (non-hydrogen) atoms. The highest BCUT2D eigenvalue weighted by Gasteiger charge is 2.22. The van der Waals surface area contributed by atoms with Crippen molar-refractivity contribution in [2.24, 2.45) is 5.11 Å². The Kier molecular flexibility index (Phi) is 3.62. The van der Waals surface area contributed by atoms with Crippen molar-refractivity contribution < 1.29 is 4.79 Å². The third kappa shape index (κ3) is 2.57. The van der Waals surface area contributed by atoms with Crippen LogP contribution in [-0.4, -0.2) is 30.4 Å². The molecule has 0 N–H and O–H groups in total. The molecule has 1 amide bonds. The first-order valence-corrected chi connectivity index (χ1v) is 5.71. The van der Waals surface area contributed by atoms with Gasteiger partial charge in [-0.2, -0.15) is 0 Å². The lowest BCUT2D eigenvalue weighted by Crippen LogP contribution is -2.38. The second-order valence-corrected chi connectivity index (χ2v) is 4.01. The summed E-state index contributed by atoms with van der Waals surface area (Å²) in [6.45, 7) is 1.86. The molecule has 0 aromatic heterocycles. The van der Waals surface area contributed by atoms with E-state index in [2.05, 4.69) is 10.0 Å². The zero-order chi connectivity index (χ0) is 12.1. The number of rotatable bonds is 4. The highest BCUT2D eigenvalue weighted by Crippen LogP contribution is 2.18. The van der Waals surface area contributed by atoms with Crippen LogP contribution in [0.5, 0.6) is 0 Å². The third-order valence-electron chi connectivity index (χ3n) is 2.94. The van der Waals surface area contributed by atoms with Gasteiger partial charge in [0.1, 0.15) is 0 Å². The normalized spacial score (nSPS) is 14.1. The van der Waals surface area contributed by atoms with E-state index in [0.29, 0.717) is 13.1 Å². The maximum Gasteiger partial charge on any atom is 0.254 e. The van der Waals surface area contributed by atoms with Crippen molar-refractivity contribution in [1.29, 1.82) is 0 Å². The molecule has 0 atom stereocenters. The Morgan fingerprint density at radius 3 is 3.06 bits per heavy atom. The largest absolute Gasteiger partial charge is 0.338 e. The number of amides is 1. The number of hydrogen-bond donors (Lipinski definition) is 0. The van der Waals surface area contributed by atoms with E-state index in [9.17, 15) is 4.79 Å². The smallest absolute Gasteiger partial charge is 0.254 e. The van der Waals surface area contributed by atoms with Gasteiger partial charge < -0.3 is 4.90 Å². The number of benzene rings is 1. The molecule has 0 saturated heterocycles. The molecule has 5 nitrogen and oxygen atoms in total. The average molecular weight is 230 g/mol. The van der Waals surface area contributed by atoms with Gasteiger partial charge in [0.15, 0.2) is 0 Å². The number of hydrogen-bond acceptors (Lipinski definition) is 2. The van der Waals surface area contributed by atoms with Gasteiger partial charge in [0.25, 0.3) is 5.91 Å². The van der Waals surface area contributed by atoms with Crippen molar-refractivity contribution in [3.8, 4) is 0 Å². The van der Waals surface area contributed by atoms with Gasteiger partial charge in [-0.3, -0.25) is 4.79 Å². The van der Waals surface area contributed by atoms with Crippen LogP contribution in [0, 0.1) is 0 Å². The van der Waals surface area contributed by atoms with Crippen LogP contribution >= 0.6 is 0 Å². The summed E-state index contributed by atoms with van der Waals surface area (Å²) in [6, 6.07) is 7.73. The second kappa shape index (κ2) is 5.37. The van der Waals surface area contributed by atoms with Crippen molar-refractivity contribution in [2.45, 2.75) is 12.8 Å². The lowest BCUT2D eigenvalue weighted by Gasteiger charge is -2.28. The molecular weight excluding hydrogens is 216 g/mol. The van der Waals surface area contributed by atoms with Gasteiger partial charge in [-0.05, 0) is 30.0 Å². The molecule has 0 saturated carbocycles. The molecule has 0 fully saturated rings. The molecule has 5 heteroatoms. The average Bonchev–Trinajstić information content (AvgIpc) is 2.37. The molecule has 0 spiro atoms. The minimum atomic E-state index is 0.0905. The highest BCUT2D eigenvalue weighted by molar-refractivity contribution is 5.96. The zero-order valence-electron chi connectivity index (χ0n) is 9.54. The molecule has 0 aliphatic carbocycles. The number of carbonyl (C=O) groups is 1. The van der Waals surface area contributed by atoms with Crippen LogP contribution in [0.1, 0.15) is 22.3 Å². The van der Waals surface area contributed by atoms with Crippen LogP contribution in [0.2, 0.25) is 0 Å². The first kappa shape index (κ1) is 11.5. The van der Waals surface area contributed by atoms with Crippen LogP contribution in [0.15, 0.2) is 29.4 Å². The Morgan fingerprint density at radius 1 is 1.41 bits per heavy atom. The molecule has 88 valence electrons. The fourth-order valence-corrected chi connectivity index (χ4v) is 2.06. The first-order chi connectivity index (χ1) is 8.33. The fourth-order valence-electron chi connectivity index (χ4n) is 2.06. The van der Waals surface area contributed by atoms with Crippen LogP contribution in [0.4, 0.5) is 0 Å². The third-order valence-corrected chi connectivity index (χ3v) is 2.94. The van der Waals surface area contributed by atoms with Crippen LogP contribution in [-0.2, 0) is 6.42 Å². The number of azide groups is 1. The lowest BCUT2D eigenvalue weighted by atomic mass is 9.99. The SMILES string of the molecule is [N-]=[N+]=NCCCN1CCc2ccccc2C1=O. The molecule has 0 bridgehead atoms. The Labute approximate surface area is 99.7 Å². The summed E-state index contributed by atoms with van der Waals surface area (Å²) < 4.78 is 0. The van der Waals surface area contributed by atoms with Gasteiger partial charge in [0, 0.05) is 30.1 Å². The van der Waals surface area contributed by atoms with E-state index in [1.807, 2.05) is 29.2 Å². The van der Waals surface area contributed by atoms with Crippen molar-refractivity contribution in [2.75, 3.05) is 19.6 Å². The van der Waals surface area contributed by atoms with E-state index in [0.717, 1.165) is 30.5 Å². The Morgan fingerprint density at radius 2 is 2.24 bits per heavy atom. The van der Waals surface area contributed by atoms with Crippen molar-refractivity contribution >= 4 is 5.91 Å². The van der Waals surface area contributed by atoms with E-state index in [1.54, 1.807) is 0 Å². The van der Waals surface area contributed by atoms with E-state index >= 15 is 0 Å². The van der Waals surface area contributed by atoms with E-state index < -0.39 is 0 Å². The van der Waals surface area contributed by atoms with Crippen LogP contribution in [0.3, 0.4) is 0 Å². The fraction of sp³-hybridized carbons (Fsp3) is 0.417. The Bertz CT molecular complexity index is 465. The summed E-state index contributed by atoms with van der Waals surface area (Å²) in [4.78, 5) is 16.6. The topological polar surface area (TPSA) is 69.1 Å². The van der Waals surface area contributed by atoms with Gasteiger partial charge in [0.2, 0.25) is 0 Å². The molecule has 1 aromatic carbocycles. The van der Waals surface area contributed by atoms with E-state index in [1.165, 1.54) is 0 Å². The predicted octanol–water partition coefficient (Wildman–Crippen LogP) is 2.39. The van der Waals surface area contributed by atoms with Gasteiger partial charge in [0.05, 0.1) is 0 Å². The summed E-state index contributed by atoms with van der Waals surface area (Å²) in [5.74, 6) is 0.0905. The maximum absolute atomic E-state index is 12.1. The molecule has 0 radical (unpaired) electrons. The summed E-state index contributed by atoms with van der Waals surface area (Å²) in [7, 11) is 0. The van der Waals surface area contributed by atoms with Gasteiger partial charge in [-0.25, -0.2) is 0 Å². The van der Waals surface area contributed by atoms with Gasteiger partial charge in [-0.15, -0.1) is 0 Å². The van der Waals surface area contributed by atoms with Crippen molar-refractivity contribution in [3.05, 3.63) is 45.8 Å². The second-order valence-electron chi connectivity index (χ2n) is 4.01. The van der Waals surface area contributed by atoms with Crippen LogP contribution < -0.4 is 0 Å². The number of nitrogens with zero attached hydrogens (tertiary/aromatic N) is 4. The molecule has 1 heterocycles. The van der Waals surface area contributed by atoms with Crippen LogP contribution in [0.25, 0.3) is 10.4 Å². The summed E-state index contributed by atoms with van der Waals surface area (Å²) >= 11 is 0. The quantitative estimate of drug-likeness (QED) is 0.339. The number of carbonyl (C=O) groups excluding carboxylic acids is 1.